The van der Waals surface area contributed by atoms with Crippen LogP contribution in [0.1, 0.15) is 10.4 Å². The van der Waals surface area contributed by atoms with Crippen molar-refractivity contribution in [3.63, 3.8) is 0 Å². The summed E-state index contributed by atoms with van der Waals surface area (Å²) in [6, 6.07) is 8.53. The van der Waals surface area contributed by atoms with Crippen LogP contribution in [0, 0.1) is 20.2 Å². The normalized spacial score (nSPS) is 10.0. The number of non-ortho nitro benzene ring substituents is 2. The number of nitrogens with zero attached hydrogens (tertiary/aromatic N) is 2. The smallest absolute Gasteiger partial charge is 0.339 e. The molecule has 0 radical (unpaired) electrons. The Balaban J connectivity index is 2.05. The molecule has 0 aliphatic carbocycles. The maximum atomic E-state index is 11.9. The average Bonchev–Trinajstić information content (AvgIpc) is 2.61. The van der Waals surface area contributed by atoms with E-state index in [1.165, 1.54) is 12.1 Å². The zero-order valence-corrected chi connectivity index (χ0v) is 13.6. The van der Waals surface area contributed by atoms with E-state index in [2.05, 4.69) is 5.32 Å². The number of ether oxygens (including phenoxy) is 1. The van der Waals surface area contributed by atoms with Crippen LogP contribution in [0.4, 0.5) is 17.1 Å². The van der Waals surface area contributed by atoms with E-state index in [-0.39, 0.29) is 0 Å². The molecule has 1 amide bonds. The van der Waals surface area contributed by atoms with Crippen LogP contribution in [0.3, 0.4) is 0 Å². The van der Waals surface area contributed by atoms with Crippen LogP contribution in [0.5, 0.6) is 0 Å². The molecule has 11 heteroatoms. The lowest BCUT2D eigenvalue weighted by Gasteiger charge is -2.07. The van der Waals surface area contributed by atoms with Crippen molar-refractivity contribution in [2.75, 3.05) is 11.9 Å². The topological polar surface area (TPSA) is 142 Å². The molecule has 0 aliphatic rings. The third-order valence-electron chi connectivity index (χ3n) is 3.02. The summed E-state index contributed by atoms with van der Waals surface area (Å²) in [7, 11) is 0. The predicted octanol–water partition coefficient (Wildman–Crippen LogP) is 2.95. The lowest BCUT2D eigenvalue weighted by molar-refractivity contribution is -0.394. The van der Waals surface area contributed by atoms with Crippen LogP contribution >= 0.6 is 11.6 Å². The summed E-state index contributed by atoms with van der Waals surface area (Å²) >= 11 is 5.71. The van der Waals surface area contributed by atoms with Gasteiger partial charge in [0.1, 0.15) is 0 Å². The molecule has 0 fully saturated rings. The van der Waals surface area contributed by atoms with Gasteiger partial charge < -0.3 is 10.1 Å². The molecule has 2 aromatic rings. The number of carbonyl (C=O) groups is 2. The molecule has 0 spiro atoms. The van der Waals surface area contributed by atoms with E-state index < -0.39 is 45.3 Å². The highest BCUT2D eigenvalue weighted by molar-refractivity contribution is 6.30. The fraction of sp³-hybridized carbons (Fsp3) is 0.0667. The Labute approximate surface area is 150 Å². The first kappa shape index (κ1) is 18.8. The second-order valence-electron chi connectivity index (χ2n) is 4.88. The van der Waals surface area contributed by atoms with E-state index in [4.69, 9.17) is 16.3 Å². The average molecular weight is 380 g/mol. The molecule has 0 saturated heterocycles. The Morgan fingerprint density at radius 1 is 1.00 bits per heavy atom. The van der Waals surface area contributed by atoms with E-state index in [0.717, 1.165) is 12.1 Å². The summed E-state index contributed by atoms with van der Waals surface area (Å²) in [6.45, 7) is -0.683. The van der Waals surface area contributed by atoms with Crippen molar-refractivity contribution < 1.29 is 24.2 Å². The number of halogens is 1. The second-order valence-corrected chi connectivity index (χ2v) is 5.32. The minimum absolute atomic E-state index is 0.412. The molecule has 0 atom stereocenters. The molecule has 0 heterocycles. The lowest BCUT2D eigenvalue weighted by atomic mass is 10.2. The molecule has 0 aromatic heterocycles. The summed E-state index contributed by atoms with van der Waals surface area (Å²) in [5, 5.41) is 24.5. The van der Waals surface area contributed by atoms with Crippen LogP contribution < -0.4 is 5.32 Å². The molecule has 0 saturated carbocycles. The van der Waals surface area contributed by atoms with Gasteiger partial charge in [0.2, 0.25) is 0 Å². The Bertz CT molecular complexity index is 851. The van der Waals surface area contributed by atoms with Gasteiger partial charge in [0.05, 0.1) is 21.5 Å². The van der Waals surface area contributed by atoms with Crippen LogP contribution in [0.2, 0.25) is 5.02 Å². The Hall–Kier alpha value is -3.53. The zero-order valence-electron chi connectivity index (χ0n) is 12.9. The number of hydrogen-bond acceptors (Lipinski definition) is 7. The Morgan fingerprint density at radius 3 is 2.04 bits per heavy atom. The van der Waals surface area contributed by atoms with Gasteiger partial charge in [0, 0.05) is 22.8 Å². The van der Waals surface area contributed by atoms with Crippen molar-refractivity contribution in [2.45, 2.75) is 0 Å². The number of nitrogens with one attached hydrogen (secondary N) is 1. The molecule has 1 N–H and O–H groups in total. The summed E-state index contributed by atoms with van der Waals surface area (Å²) in [5.74, 6) is -1.77. The summed E-state index contributed by atoms with van der Waals surface area (Å²) in [6.07, 6.45) is 0. The van der Waals surface area contributed by atoms with Gasteiger partial charge >= 0.3 is 5.97 Å². The van der Waals surface area contributed by atoms with Crippen molar-refractivity contribution >= 4 is 40.5 Å². The first-order chi connectivity index (χ1) is 12.3. The molecule has 134 valence electrons. The minimum Gasteiger partial charge on any atom is -0.452 e. The van der Waals surface area contributed by atoms with Gasteiger partial charge in [-0.2, -0.15) is 0 Å². The maximum absolute atomic E-state index is 11.9. The zero-order chi connectivity index (χ0) is 19.3. The van der Waals surface area contributed by atoms with E-state index in [1.807, 2.05) is 0 Å². The fourth-order valence-electron chi connectivity index (χ4n) is 1.87. The number of hydrogen-bond donors (Lipinski definition) is 1. The highest BCUT2D eigenvalue weighted by Crippen LogP contribution is 2.23. The van der Waals surface area contributed by atoms with Gasteiger partial charge in [-0.15, -0.1) is 0 Å². The second kappa shape index (κ2) is 8.03. The maximum Gasteiger partial charge on any atom is 0.339 e. The highest BCUT2D eigenvalue weighted by Gasteiger charge is 2.21. The summed E-state index contributed by atoms with van der Waals surface area (Å²) in [4.78, 5) is 43.5. The van der Waals surface area contributed by atoms with Crippen molar-refractivity contribution in [2.24, 2.45) is 0 Å². The minimum atomic E-state index is -1.11. The first-order valence-corrected chi connectivity index (χ1v) is 7.30. The van der Waals surface area contributed by atoms with Crippen molar-refractivity contribution in [3.05, 3.63) is 73.3 Å². The molecular weight excluding hydrogens is 370 g/mol. The number of nitro groups is 2. The molecule has 2 aromatic carbocycles. The lowest BCUT2D eigenvalue weighted by Crippen LogP contribution is -2.21. The van der Waals surface area contributed by atoms with E-state index >= 15 is 0 Å². The third kappa shape index (κ3) is 4.98. The van der Waals surface area contributed by atoms with Gasteiger partial charge in [-0.1, -0.05) is 11.6 Å². The summed E-state index contributed by atoms with van der Waals surface area (Å²) in [5.41, 5.74) is -1.28. The first-order valence-electron chi connectivity index (χ1n) is 6.92. The number of rotatable bonds is 6. The standard InChI is InChI=1S/C15H10ClN3O7/c16-10-1-3-11(4-2-10)17-14(20)8-26-15(21)9-5-12(18(22)23)7-13(6-9)19(24)25/h1-7H,8H2,(H,17,20). The van der Waals surface area contributed by atoms with Crippen molar-refractivity contribution in [1.82, 2.24) is 0 Å². The van der Waals surface area contributed by atoms with Gasteiger partial charge in [-0.3, -0.25) is 25.0 Å². The number of benzene rings is 2. The number of carbonyl (C=O) groups excluding carboxylic acids is 2. The number of nitro benzene ring substituents is 2. The molecule has 0 bridgehead atoms. The molecular formula is C15H10ClN3O7. The number of amides is 1. The quantitative estimate of drug-likeness (QED) is 0.461. The molecule has 0 unspecified atom stereocenters. The molecule has 2 rings (SSSR count). The van der Waals surface area contributed by atoms with Crippen LogP contribution in [0.15, 0.2) is 42.5 Å². The van der Waals surface area contributed by atoms with Crippen LogP contribution in [-0.2, 0) is 9.53 Å². The van der Waals surface area contributed by atoms with E-state index in [0.29, 0.717) is 16.8 Å². The SMILES string of the molecule is O=C(COC(=O)c1cc([N+](=O)[O-])cc([N+](=O)[O-])c1)Nc1ccc(Cl)cc1. The fourth-order valence-corrected chi connectivity index (χ4v) is 1.99. The third-order valence-corrected chi connectivity index (χ3v) is 3.27. The Morgan fingerprint density at radius 2 is 1.54 bits per heavy atom. The number of esters is 1. The van der Waals surface area contributed by atoms with Crippen LogP contribution in [-0.4, -0.2) is 28.3 Å². The number of anilines is 1. The molecule has 10 nitrogen and oxygen atoms in total. The largest absolute Gasteiger partial charge is 0.452 e. The van der Waals surface area contributed by atoms with Gasteiger partial charge in [0.15, 0.2) is 6.61 Å². The van der Waals surface area contributed by atoms with E-state index in [9.17, 15) is 29.8 Å². The van der Waals surface area contributed by atoms with Gasteiger partial charge in [-0.05, 0) is 24.3 Å². The summed E-state index contributed by atoms with van der Waals surface area (Å²) < 4.78 is 4.73. The Kier molecular flexibility index (Phi) is 5.81. The molecule has 0 aliphatic heterocycles. The predicted molar refractivity (Wildman–Crippen MR) is 90.1 cm³/mol. The van der Waals surface area contributed by atoms with Crippen LogP contribution in [0.25, 0.3) is 0 Å². The van der Waals surface area contributed by atoms with E-state index in [1.54, 1.807) is 12.1 Å². The van der Waals surface area contributed by atoms with Gasteiger partial charge in [0.25, 0.3) is 17.3 Å². The van der Waals surface area contributed by atoms with Crippen molar-refractivity contribution in [3.8, 4) is 0 Å². The monoisotopic (exact) mass is 379 g/mol. The van der Waals surface area contributed by atoms with Crippen molar-refractivity contribution in [1.29, 1.82) is 0 Å². The molecule has 26 heavy (non-hydrogen) atoms. The van der Waals surface area contributed by atoms with Gasteiger partial charge in [-0.25, -0.2) is 4.79 Å². The highest BCUT2D eigenvalue weighted by atomic mass is 35.5.